The molecule has 3 aliphatic rings. The number of hydrogen-bond donors (Lipinski definition) is 1. The van der Waals surface area contributed by atoms with E-state index in [0.717, 1.165) is 12.8 Å². The Morgan fingerprint density at radius 1 is 1.40 bits per heavy atom. The molecule has 1 amide bonds. The summed E-state index contributed by atoms with van der Waals surface area (Å²) in [6, 6.07) is 0. The average molecular weight is 210 g/mol. The van der Waals surface area contributed by atoms with Crippen LogP contribution in [0.5, 0.6) is 0 Å². The van der Waals surface area contributed by atoms with E-state index < -0.39 is 0 Å². The van der Waals surface area contributed by atoms with Gasteiger partial charge in [-0.3, -0.25) is 0 Å². The van der Waals surface area contributed by atoms with Crippen LogP contribution in [0.2, 0.25) is 0 Å². The van der Waals surface area contributed by atoms with Crippen molar-refractivity contribution in [1.29, 1.82) is 0 Å². The summed E-state index contributed by atoms with van der Waals surface area (Å²) in [4.78, 5) is 11.8. The van der Waals surface area contributed by atoms with Crippen LogP contribution in [0.3, 0.4) is 0 Å². The van der Waals surface area contributed by atoms with Crippen LogP contribution in [-0.4, -0.2) is 27.8 Å². The van der Waals surface area contributed by atoms with E-state index in [2.05, 4.69) is 33.1 Å². The summed E-state index contributed by atoms with van der Waals surface area (Å²) >= 11 is 0. The number of rotatable bonds is 0. The van der Waals surface area contributed by atoms with Crippen LogP contribution in [0, 0.1) is 5.92 Å². The van der Waals surface area contributed by atoms with Gasteiger partial charge in [0.1, 0.15) is 11.1 Å². The zero-order valence-electron chi connectivity index (χ0n) is 9.76. The summed E-state index contributed by atoms with van der Waals surface area (Å²) in [6.07, 6.45) is 1.88. The third-order valence-electron chi connectivity index (χ3n) is 4.89. The smallest absolute Gasteiger partial charge is 0.425 e. The lowest BCUT2D eigenvalue weighted by molar-refractivity contribution is 0.0267. The van der Waals surface area contributed by atoms with Crippen molar-refractivity contribution in [1.82, 2.24) is 10.4 Å². The van der Waals surface area contributed by atoms with Crippen LogP contribution >= 0.6 is 0 Å². The van der Waals surface area contributed by atoms with Gasteiger partial charge in [-0.05, 0) is 40.5 Å². The minimum atomic E-state index is -0.310. The normalized spacial score (nSPS) is 50.8. The number of hydrogen-bond acceptors (Lipinski definition) is 3. The van der Waals surface area contributed by atoms with Crippen molar-refractivity contribution in [2.75, 3.05) is 0 Å². The van der Waals surface area contributed by atoms with Gasteiger partial charge in [0.2, 0.25) is 0 Å². The Labute approximate surface area is 89.9 Å². The van der Waals surface area contributed by atoms with E-state index in [1.165, 1.54) is 0 Å². The first-order valence-electron chi connectivity index (χ1n) is 5.62. The summed E-state index contributed by atoms with van der Waals surface area (Å²) in [5.74, 6) is 0.474. The number of ether oxygens (including phenoxy) is 1. The second-order valence-electron chi connectivity index (χ2n) is 6.01. The molecule has 0 aromatic heterocycles. The van der Waals surface area contributed by atoms with Gasteiger partial charge in [0, 0.05) is 11.5 Å². The van der Waals surface area contributed by atoms with E-state index in [4.69, 9.17) is 4.74 Å². The third-order valence-corrected chi connectivity index (χ3v) is 4.89. The lowest BCUT2D eigenvalue weighted by Gasteiger charge is -2.34. The number of nitrogens with one attached hydrogen (secondary N) is 1. The maximum Gasteiger partial charge on any atom is 0.425 e. The van der Waals surface area contributed by atoms with Gasteiger partial charge in [-0.2, -0.15) is 0 Å². The number of nitrogens with zero attached hydrogens (tertiary/aromatic N) is 1. The maximum absolute atomic E-state index is 11.8. The standard InChI is InChI=1S/C11H18N2O2/c1-9(2)7-5-6-10(3)11(7,4)13(12-9)8(14)15-10/h7,12H,5-6H2,1-4H3/t7-,10-,11+/m0/s1. The summed E-state index contributed by atoms with van der Waals surface area (Å²) in [7, 11) is 0. The lowest BCUT2D eigenvalue weighted by atomic mass is 9.74. The molecule has 3 atom stereocenters. The molecule has 0 bridgehead atoms. The molecule has 4 heteroatoms. The van der Waals surface area contributed by atoms with Gasteiger partial charge in [0.05, 0.1) is 0 Å². The summed E-state index contributed by atoms with van der Waals surface area (Å²) in [5.41, 5.74) is 2.81. The fourth-order valence-electron chi connectivity index (χ4n) is 3.89. The largest absolute Gasteiger partial charge is 0.440 e. The molecule has 3 fully saturated rings. The fourth-order valence-corrected chi connectivity index (χ4v) is 3.89. The van der Waals surface area contributed by atoms with Crippen molar-refractivity contribution >= 4 is 6.09 Å². The number of carbonyl (C=O) groups is 1. The third kappa shape index (κ3) is 0.781. The molecule has 1 saturated carbocycles. The predicted molar refractivity (Wildman–Crippen MR) is 55.1 cm³/mol. The molecule has 0 aromatic rings. The number of hydrazine groups is 1. The first kappa shape index (κ1) is 9.46. The summed E-state index contributed by atoms with van der Waals surface area (Å²) in [5, 5.41) is 1.73. The Kier molecular flexibility index (Phi) is 1.37. The van der Waals surface area contributed by atoms with Crippen molar-refractivity contribution < 1.29 is 9.53 Å². The van der Waals surface area contributed by atoms with Crippen molar-refractivity contribution in [3.63, 3.8) is 0 Å². The zero-order chi connectivity index (χ0) is 11.1. The highest BCUT2D eigenvalue weighted by molar-refractivity contribution is 5.73. The highest BCUT2D eigenvalue weighted by Crippen LogP contribution is 2.59. The molecule has 2 aliphatic heterocycles. The molecule has 0 radical (unpaired) electrons. The Balaban J connectivity index is 2.16. The van der Waals surface area contributed by atoms with Crippen LogP contribution < -0.4 is 5.43 Å². The highest BCUT2D eigenvalue weighted by Gasteiger charge is 2.73. The highest BCUT2D eigenvalue weighted by atomic mass is 16.6. The maximum atomic E-state index is 11.8. The van der Waals surface area contributed by atoms with Gasteiger partial charge < -0.3 is 4.74 Å². The molecule has 4 nitrogen and oxygen atoms in total. The van der Waals surface area contributed by atoms with E-state index >= 15 is 0 Å². The van der Waals surface area contributed by atoms with Crippen molar-refractivity contribution in [2.45, 2.75) is 57.2 Å². The molecule has 2 saturated heterocycles. The fraction of sp³-hybridized carbons (Fsp3) is 0.909. The molecule has 84 valence electrons. The van der Waals surface area contributed by atoms with Crippen molar-refractivity contribution in [3.05, 3.63) is 0 Å². The number of carbonyl (C=O) groups excluding carboxylic acids is 1. The van der Waals surface area contributed by atoms with Gasteiger partial charge in [-0.15, -0.1) is 0 Å². The molecule has 2 heterocycles. The molecule has 0 spiro atoms. The first-order valence-corrected chi connectivity index (χ1v) is 5.62. The second-order valence-corrected chi connectivity index (χ2v) is 6.01. The van der Waals surface area contributed by atoms with Crippen LogP contribution in [0.4, 0.5) is 4.79 Å². The topological polar surface area (TPSA) is 41.6 Å². The minimum absolute atomic E-state index is 0.00799. The predicted octanol–water partition coefficient (Wildman–Crippen LogP) is 1.66. The SMILES string of the molecule is CC1(C)NN2C(=O)O[C@@]3(C)CC[C@@H]1[C@@]23C. The Morgan fingerprint density at radius 3 is 2.73 bits per heavy atom. The Bertz CT molecular complexity index is 354. The van der Waals surface area contributed by atoms with E-state index in [1.54, 1.807) is 5.01 Å². The van der Waals surface area contributed by atoms with Gasteiger partial charge >= 0.3 is 6.09 Å². The molecule has 0 aromatic carbocycles. The van der Waals surface area contributed by atoms with Crippen LogP contribution in [-0.2, 0) is 4.74 Å². The minimum Gasteiger partial charge on any atom is -0.440 e. The van der Waals surface area contributed by atoms with E-state index in [-0.39, 0.29) is 22.8 Å². The Morgan fingerprint density at radius 2 is 2.07 bits per heavy atom. The van der Waals surface area contributed by atoms with Crippen LogP contribution in [0.25, 0.3) is 0 Å². The average Bonchev–Trinajstić information content (AvgIpc) is 2.54. The monoisotopic (exact) mass is 210 g/mol. The lowest BCUT2D eigenvalue weighted by Crippen LogP contribution is -2.52. The molecule has 1 N–H and O–H groups in total. The second kappa shape index (κ2) is 2.17. The summed E-state index contributed by atoms with van der Waals surface area (Å²) < 4.78 is 5.53. The Hall–Kier alpha value is -0.770. The first-order chi connectivity index (χ1) is 6.81. The molecule has 0 unspecified atom stereocenters. The van der Waals surface area contributed by atoms with Gasteiger partial charge in [0.15, 0.2) is 0 Å². The zero-order valence-corrected chi connectivity index (χ0v) is 9.76. The molecular weight excluding hydrogens is 192 g/mol. The quantitative estimate of drug-likeness (QED) is 0.661. The van der Waals surface area contributed by atoms with Crippen molar-refractivity contribution in [3.8, 4) is 0 Å². The van der Waals surface area contributed by atoms with Gasteiger partial charge in [0.25, 0.3) is 0 Å². The molecule has 1 aliphatic carbocycles. The summed E-state index contributed by atoms with van der Waals surface area (Å²) in [6.45, 7) is 8.55. The number of amides is 1. The molecular formula is C11H18N2O2. The van der Waals surface area contributed by atoms with Crippen LogP contribution in [0.1, 0.15) is 40.5 Å². The van der Waals surface area contributed by atoms with Crippen molar-refractivity contribution in [2.24, 2.45) is 5.92 Å². The molecule has 3 rings (SSSR count). The van der Waals surface area contributed by atoms with E-state index in [0.29, 0.717) is 5.92 Å². The van der Waals surface area contributed by atoms with Crippen LogP contribution in [0.15, 0.2) is 0 Å². The van der Waals surface area contributed by atoms with E-state index in [1.807, 2.05) is 0 Å². The van der Waals surface area contributed by atoms with E-state index in [9.17, 15) is 4.79 Å². The van der Waals surface area contributed by atoms with Gasteiger partial charge in [-0.1, -0.05) is 0 Å². The molecule has 15 heavy (non-hydrogen) atoms. The van der Waals surface area contributed by atoms with Gasteiger partial charge in [-0.25, -0.2) is 15.2 Å².